The predicted molar refractivity (Wildman–Crippen MR) is 74.0 cm³/mol. The van der Waals surface area contributed by atoms with Gasteiger partial charge in [-0.3, -0.25) is 9.59 Å². The minimum absolute atomic E-state index is 0.000696. The first-order chi connectivity index (χ1) is 9.04. The number of carbonyl (C=O) groups is 2. The van der Waals surface area contributed by atoms with Crippen LogP contribution in [0.4, 0.5) is 0 Å². The number of carbonyl (C=O) groups excluding carboxylic acids is 1. The number of carboxylic acids is 1. The van der Waals surface area contributed by atoms with Crippen molar-refractivity contribution in [2.45, 2.75) is 32.6 Å². The molecule has 0 aliphatic heterocycles. The van der Waals surface area contributed by atoms with E-state index in [9.17, 15) is 9.59 Å². The van der Waals surface area contributed by atoms with Gasteiger partial charge in [0.05, 0.1) is 6.42 Å². The van der Waals surface area contributed by atoms with Crippen molar-refractivity contribution in [1.29, 1.82) is 0 Å². The van der Waals surface area contributed by atoms with Gasteiger partial charge in [-0.15, -0.1) is 0 Å². The van der Waals surface area contributed by atoms with E-state index >= 15 is 0 Å². The molecule has 19 heavy (non-hydrogen) atoms. The van der Waals surface area contributed by atoms with Gasteiger partial charge in [0.2, 0.25) is 5.91 Å². The largest absolute Gasteiger partial charge is 0.481 e. The van der Waals surface area contributed by atoms with Gasteiger partial charge in [-0.25, -0.2) is 0 Å². The summed E-state index contributed by atoms with van der Waals surface area (Å²) in [6, 6.07) is 9.87. The highest BCUT2D eigenvalue weighted by Crippen LogP contribution is 2.19. The number of amides is 1. The smallest absolute Gasteiger partial charge is 0.305 e. The molecule has 4 nitrogen and oxygen atoms in total. The standard InChI is InChI=1S/C15H21NO3/c1-3-16(10-9-15(18)19)14(17)11-12(2)13-7-5-4-6-8-13/h4-8,12H,3,9-11H2,1-2H3,(H,18,19). The van der Waals surface area contributed by atoms with Gasteiger partial charge in [-0.1, -0.05) is 37.3 Å². The Balaban J connectivity index is 2.54. The van der Waals surface area contributed by atoms with Crippen LogP contribution in [0.1, 0.15) is 38.2 Å². The first-order valence-electron chi connectivity index (χ1n) is 6.59. The fourth-order valence-corrected chi connectivity index (χ4v) is 1.98. The lowest BCUT2D eigenvalue weighted by Crippen LogP contribution is -2.33. The Kier molecular flexibility index (Phi) is 6.06. The number of benzene rings is 1. The van der Waals surface area contributed by atoms with Crippen molar-refractivity contribution in [3.05, 3.63) is 35.9 Å². The fraction of sp³-hybridized carbons (Fsp3) is 0.467. The molecule has 0 aliphatic rings. The van der Waals surface area contributed by atoms with Crippen LogP contribution in [0.2, 0.25) is 0 Å². The van der Waals surface area contributed by atoms with Crippen molar-refractivity contribution in [2.75, 3.05) is 13.1 Å². The fourth-order valence-electron chi connectivity index (χ4n) is 1.98. The summed E-state index contributed by atoms with van der Waals surface area (Å²) < 4.78 is 0. The third-order valence-corrected chi connectivity index (χ3v) is 3.18. The number of aliphatic carboxylic acids is 1. The molecule has 1 aromatic carbocycles. The molecular formula is C15H21NO3. The Morgan fingerprint density at radius 3 is 2.42 bits per heavy atom. The van der Waals surface area contributed by atoms with Crippen LogP contribution in [-0.4, -0.2) is 35.0 Å². The zero-order valence-electron chi connectivity index (χ0n) is 11.5. The molecule has 0 spiro atoms. The lowest BCUT2D eigenvalue weighted by molar-refractivity contribution is -0.138. The van der Waals surface area contributed by atoms with Crippen LogP contribution in [0.5, 0.6) is 0 Å². The highest BCUT2D eigenvalue weighted by Gasteiger charge is 2.17. The molecule has 1 unspecified atom stereocenters. The average molecular weight is 263 g/mol. The summed E-state index contributed by atoms with van der Waals surface area (Å²) in [5.74, 6) is -0.713. The topological polar surface area (TPSA) is 57.6 Å². The average Bonchev–Trinajstić information content (AvgIpc) is 2.40. The molecule has 1 rings (SSSR count). The van der Waals surface area contributed by atoms with Crippen molar-refractivity contribution < 1.29 is 14.7 Å². The zero-order chi connectivity index (χ0) is 14.3. The van der Waals surface area contributed by atoms with Crippen LogP contribution in [-0.2, 0) is 9.59 Å². The molecule has 0 bridgehead atoms. The predicted octanol–water partition coefficient (Wildman–Crippen LogP) is 2.50. The first kappa shape index (κ1) is 15.2. The maximum atomic E-state index is 12.1. The molecule has 1 atom stereocenters. The van der Waals surface area contributed by atoms with Gasteiger partial charge < -0.3 is 10.0 Å². The third kappa shape index (κ3) is 5.12. The second-order valence-corrected chi connectivity index (χ2v) is 4.63. The molecule has 0 radical (unpaired) electrons. The Bertz CT molecular complexity index is 417. The van der Waals surface area contributed by atoms with Gasteiger partial charge in [0.25, 0.3) is 0 Å². The van der Waals surface area contributed by atoms with Gasteiger partial charge in [0, 0.05) is 19.5 Å². The van der Waals surface area contributed by atoms with E-state index in [4.69, 9.17) is 5.11 Å². The van der Waals surface area contributed by atoms with Crippen molar-refractivity contribution in [3.8, 4) is 0 Å². The molecule has 0 saturated heterocycles. The van der Waals surface area contributed by atoms with Gasteiger partial charge in [-0.2, -0.15) is 0 Å². The Morgan fingerprint density at radius 1 is 1.26 bits per heavy atom. The van der Waals surface area contributed by atoms with Gasteiger partial charge in [-0.05, 0) is 18.4 Å². The van der Waals surface area contributed by atoms with Crippen LogP contribution in [0.25, 0.3) is 0 Å². The Labute approximate surface area is 114 Å². The second kappa shape index (κ2) is 7.56. The van der Waals surface area contributed by atoms with Crippen molar-refractivity contribution >= 4 is 11.9 Å². The maximum Gasteiger partial charge on any atom is 0.305 e. The third-order valence-electron chi connectivity index (χ3n) is 3.18. The van der Waals surface area contributed by atoms with E-state index in [-0.39, 0.29) is 24.8 Å². The summed E-state index contributed by atoms with van der Waals surface area (Å²) in [6.45, 7) is 4.71. The summed E-state index contributed by atoms with van der Waals surface area (Å²) in [4.78, 5) is 24.3. The van der Waals surface area contributed by atoms with E-state index in [1.54, 1.807) is 4.90 Å². The molecule has 1 aromatic rings. The molecule has 0 aromatic heterocycles. The number of hydrogen-bond donors (Lipinski definition) is 1. The van der Waals surface area contributed by atoms with Crippen LogP contribution in [0, 0.1) is 0 Å². The summed E-state index contributed by atoms with van der Waals surface area (Å²) >= 11 is 0. The van der Waals surface area contributed by atoms with Gasteiger partial charge >= 0.3 is 5.97 Å². The number of hydrogen-bond acceptors (Lipinski definition) is 2. The molecule has 1 N–H and O–H groups in total. The summed E-state index contributed by atoms with van der Waals surface area (Å²) in [5.41, 5.74) is 1.13. The molecular weight excluding hydrogens is 242 g/mol. The lowest BCUT2D eigenvalue weighted by Gasteiger charge is -2.22. The van der Waals surface area contributed by atoms with Crippen LogP contribution >= 0.6 is 0 Å². The van der Waals surface area contributed by atoms with E-state index in [0.717, 1.165) is 5.56 Å². The minimum Gasteiger partial charge on any atom is -0.481 e. The monoisotopic (exact) mass is 263 g/mol. The summed E-state index contributed by atoms with van der Waals surface area (Å²) in [6.07, 6.45) is 0.413. The van der Waals surface area contributed by atoms with E-state index in [0.29, 0.717) is 13.0 Å². The first-order valence-corrected chi connectivity index (χ1v) is 6.59. The second-order valence-electron chi connectivity index (χ2n) is 4.63. The highest BCUT2D eigenvalue weighted by molar-refractivity contribution is 5.77. The van der Waals surface area contributed by atoms with Crippen molar-refractivity contribution in [2.24, 2.45) is 0 Å². The maximum absolute atomic E-state index is 12.1. The number of rotatable bonds is 7. The van der Waals surface area contributed by atoms with Crippen molar-refractivity contribution in [3.63, 3.8) is 0 Å². The number of carboxylic acid groups (broad SMARTS) is 1. The Morgan fingerprint density at radius 2 is 1.89 bits per heavy atom. The van der Waals surface area contributed by atoms with Crippen LogP contribution in [0.15, 0.2) is 30.3 Å². The molecule has 1 amide bonds. The van der Waals surface area contributed by atoms with Gasteiger partial charge in [0.1, 0.15) is 0 Å². The normalized spacial score (nSPS) is 11.9. The highest BCUT2D eigenvalue weighted by atomic mass is 16.4. The van der Waals surface area contributed by atoms with E-state index in [1.165, 1.54) is 0 Å². The van der Waals surface area contributed by atoms with Crippen LogP contribution < -0.4 is 0 Å². The molecule has 104 valence electrons. The van der Waals surface area contributed by atoms with E-state index in [2.05, 4.69) is 0 Å². The quantitative estimate of drug-likeness (QED) is 0.822. The molecule has 0 heterocycles. The van der Waals surface area contributed by atoms with E-state index in [1.807, 2.05) is 44.2 Å². The summed E-state index contributed by atoms with van der Waals surface area (Å²) in [5, 5.41) is 8.66. The van der Waals surface area contributed by atoms with Crippen LogP contribution in [0.3, 0.4) is 0 Å². The molecule has 0 aliphatic carbocycles. The Hall–Kier alpha value is -1.84. The molecule has 0 fully saturated rings. The molecule has 4 heteroatoms. The minimum atomic E-state index is -0.873. The number of nitrogens with zero attached hydrogens (tertiary/aromatic N) is 1. The summed E-state index contributed by atoms with van der Waals surface area (Å²) in [7, 11) is 0. The lowest BCUT2D eigenvalue weighted by atomic mass is 9.97. The SMILES string of the molecule is CCN(CCC(=O)O)C(=O)CC(C)c1ccccc1. The van der Waals surface area contributed by atoms with E-state index < -0.39 is 5.97 Å². The van der Waals surface area contributed by atoms with Crippen molar-refractivity contribution in [1.82, 2.24) is 4.90 Å². The zero-order valence-corrected chi connectivity index (χ0v) is 11.5. The van der Waals surface area contributed by atoms with Gasteiger partial charge in [0.15, 0.2) is 0 Å². The molecule has 0 saturated carbocycles.